The van der Waals surface area contributed by atoms with Crippen LogP contribution in [0.25, 0.3) is 0 Å². The summed E-state index contributed by atoms with van der Waals surface area (Å²) in [5, 5.41) is 9.99. The SMILES string of the molecule is CC(C)=C[C@@H]1[C@@H](C(=O)N2CCN(c3ccccc3O)CC2)C1(C)C. The lowest BCUT2D eigenvalue weighted by Crippen LogP contribution is -2.49. The van der Waals surface area contributed by atoms with E-state index in [2.05, 4.69) is 38.7 Å². The third-order valence-electron chi connectivity index (χ3n) is 5.50. The van der Waals surface area contributed by atoms with Crippen molar-refractivity contribution < 1.29 is 9.90 Å². The summed E-state index contributed by atoms with van der Waals surface area (Å²) >= 11 is 0. The predicted molar refractivity (Wildman–Crippen MR) is 97.1 cm³/mol. The Hall–Kier alpha value is -1.97. The van der Waals surface area contributed by atoms with Gasteiger partial charge >= 0.3 is 0 Å². The minimum absolute atomic E-state index is 0.0726. The summed E-state index contributed by atoms with van der Waals surface area (Å²) in [7, 11) is 0. The molecule has 1 aromatic rings. The first-order valence-corrected chi connectivity index (χ1v) is 8.79. The second-order valence-corrected chi connectivity index (χ2v) is 7.87. The number of phenols is 1. The van der Waals surface area contributed by atoms with E-state index in [-0.39, 0.29) is 11.3 Å². The maximum atomic E-state index is 12.9. The molecule has 1 aliphatic carbocycles. The van der Waals surface area contributed by atoms with E-state index >= 15 is 0 Å². The highest BCUT2D eigenvalue weighted by Gasteiger charge is 2.61. The third-order valence-corrected chi connectivity index (χ3v) is 5.50. The number of carbonyl (C=O) groups excluding carboxylic acids is 1. The Bertz CT molecular complexity index is 653. The number of piperazine rings is 1. The second kappa shape index (κ2) is 6.15. The lowest BCUT2D eigenvalue weighted by Gasteiger charge is -2.36. The zero-order chi connectivity index (χ0) is 17.5. The normalized spacial score (nSPS) is 25.3. The van der Waals surface area contributed by atoms with E-state index in [1.807, 2.05) is 23.1 Å². The number of amides is 1. The van der Waals surface area contributed by atoms with Crippen LogP contribution < -0.4 is 4.90 Å². The fraction of sp³-hybridized carbons (Fsp3) is 0.550. The topological polar surface area (TPSA) is 43.8 Å². The molecule has 1 aliphatic heterocycles. The molecular weight excluding hydrogens is 300 g/mol. The van der Waals surface area contributed by atoms with Crippen molar-refractivity contribution in [1.82, 2.24) is 4.90 Å². The van der Waals surface area contributed by atoms with Gasteiger partial charge in [-0.2, -0.15) is 0 Å². The van der Waals surface area contributed by atoms with Crippen LogP contribution in [0.4, 0.5) is 5.69 Å². The smallest absolute Gasteiger partial charge is 0.226 e. The van der Waals surface area contributed by atoms with Crippen molar-refractivity contribution in [2.24, 2.45) is 17.3 Å². The zero-order valence-electron chi connectivity index (χ0n) is 15.1. The van der Waals surface area contributed by atoms with Crippen molar-refractivity contribution in [3.05, 3.63) is 35.9 Å². The van der Waals surface area contributed by atoms with Gasteiger partial charge in [0.15, 0.2) is 0 Å². The number of benzene rings is 1. The van der Waals surface area contributed by atoms with E-state index in [4.69, 9.17) is 0 Å². The molecule has 0 aromatic heterocycles. The number of anilines is 1. The molecule has 4 heteroatoms. The van der Waals surface area contributed by atoms with Gasteiger partial charge in [0, 0.05) is 26.2 Å². The molecule has 130 valence electrons. The predicted octanol–water partition coefficient (Wildman–Crippen LogP) is 3.28. The van der Waals surface area contributed by atoms with Crippen LogP contribution in [0.3, 0.4) is 0 Å². The summed E-state index contributed by atoms with van der Waals surface area (Å²) in [6.07, 6.45) is 2.25. The molecule has 2 fully saturated rings. The van der Waals surface area contributed by atoms with Gasteiger partial charge in [0.2, 0.25) is 5.91 Å². The summed E-state index contributed by atoms with van der Waals surface area (Å²) in [6.45, 7) is 11.6. The van der Waals surface area contributed by atoms with Gasteiger partial charge in [0.1, 0.15) is 5.75 Å². The highest BCUT2D eigenvalue weighted by atomic mass is 16.3. The molecule has 0 bridgehead atoms. The number of phenolic OH excluding ortho intramolecular Hbond substituents is 1. The van der Waals surface area contributed by atoms with Gasteiger partial charge in [-0.15, -0.1) is 0 Å². The van der Waals surface area contributed by atoms with Crippen molar-refractivity contribution in [2.45, 2.75) is 27.7 Å². The quantitative estimate of drug-likeness (QED) is 0.866. The molecular formula is C20H28N2O2. The van der Waals surface area contributed by atoms with E-state index < -0.39 is 0 Å². The molecule has 2 atom stereocenters. The summed E-state index contributed by atoms with van der Waals surface area (Å²) in [5.74, 6) is 1.08. The summed E-state index contributed by atoms with van der Waals surface area (Å²) in [5.41, 5.74) is 2.22. The maximum absolute atomic E-state index is 12.9. The van der Waals surface area contributed by atoms with Gasteiger partial charge in [-0.3, -0.25) is 4.79 Å². The highest BCUT2D eigenvalue weighted by Crippen LogP contribution is 2.60. The van der Waals surface area contributed by atoms with Crippen LogP contribution >= 0.6 is 0 Å². The third kappa shape index (κ3) is 3.02. The largest absolute Gasteiger partial charge is 0.506 e. The number of carbonyl (C=O) groups is 1. The molecule has 4 nitrogen and oxygen atoms in total. The minimum Gasteiger partial charge on any atom is -0.506 e. The van der Waals surface area contributed by atoms with E-state index in [1.54, 1.807) is 6.07 Å². The van der Waals surface area contributed by atoms with Crippen LogP contribution in [-0.4, -0.2) is 42.1 Å². The van der Waals surface area contributed by atoms with Crippen LogP contribution in [0, 0.1) is 17.3 Å². The molecule has 24 heavy (non-hydrogen) atoms. The van der Waals surface area contributed by atoms with Crippen molar-refractivity contribution >= 4 is 11.6 Å². The monoisotopic (exact) mass is 328 g/mol. The van der Waals surface area contributed by atoms with Crippen molar-refractivity contribution in [2.75, 3.05) is 31.1 Å². The van der Waals surface area contributed by atoms with E-state index in [0.717, 1.165) is 31.9 Å². The average Bonchev–Trinajstić information content (AvgIpc) is 3.07. The first kappa shape index (κ1) is 16.9. The van der Waals surface area contributed by atoms with Crippen molar-refractivity contribution in [1.29, 1.82) is 0 Å². The first-order chi connectivity index (χ1) is 11.3. The van der Waals surface area contributed by atoms with Gasteiger partial charge in [-0.05, 0) is 37.3 Å². The van der Waals surface area contributed by atoms with Gasteiger partial charge in [0.05, 0.1) is 11.6 Å². The fourth-order valence-corrected chi connectivity index (χ4v) is 3.92. The standard InChI is InChI=1S/C20H28N2O2/c1-14(2)13-15-18(20(15,3)4)19(24)22-11-9-21(10-12-22)16-7-5-6-8-17(16)23/h5-8,13,15,18,23H,9-12H2,1-4H3/t15-,18+/m1/s1. The maximum Gasteiger partial charge on any atom is 0.226 e. The van der Waals surface area contributed by atoms with Gasteiger partial charge in [-0.1, -0.05) is 37.6 Å². The highest BCUT2D eigenvalue weighted by molar-refractivity contribution is 5.84. The number of nitrogens with zero attached hydrogens (tertiary/aromatic N) is 2. The Morgan fingerprint density at radius 3 is 2.38 bits per heavy atom. The average molecular weight is 328 g/mol. The zero-order valence-corrected chi connectivity index (χ0v) is 15.1. The van der Waals surface area contributed by atoms with Crippen molar-refractivity contribution in [3.8, 4) is 5.75 Å². The van der Waals surface area contributed by atoms with Gasteiger partial charge in [-0.25, -0.2) is 0 Å². The molecule has 1 amide bonds. The van der Waals surface area contributed by atoms with E-state index in [1.165, 1.54) is 5.57 Å². The number of aromatic hydroxyl groups is 1. The molecule has 2 aliphatic rings. The Balaban J connectivity index is 1.62. The van der Waals surface area contributed by atoms with Crippen LogP contribution in [0.1, 0.15) is 27.7 Å². The second-order valence-electron chi connectivity index (χ2n) is 7.87. The molecule has 0 radical (unpaired) electrons. The molecule has 1 N–H and O–H groups in total. The lowest BCUT2D eigenvalue weighted by atomic mass is 10.1. The Labute approximate surface area is 144 Å². The molecule has 1 saturated carbocycles. The molecule has 0 spiro atoms. The minimum atomic E-state index is 0.0726. The fourth-order valence-electron chi connectivity index (χ4n) is 3.92. The van der Waals surface area contributed by atoms with Crippen LogP contribution in [0.15, 0.2) is 35.9 Å². The summed E-state index contributed by atoms with van der Waals surface area (Å²) < 4.78 is 0. The summed E-state index contributed by atoms with van der Waals surface area (Å²) in [4.78, 5) is 17.1. The van der Waals surface area contributed by atoms with Crippen LogP contribution in [0.2, 0.25) is 0 Å². The molecule has 1 heterocycles. The van der Waals surface area contributed by atoms with Crippen LogP contribution in [0.5, 0.6) is 5.75 Å². The number of hydrogen-bond acceptors (Lipinski definition) is 3. The summed E-state index contributed by atoms with van der Waals surface area (Å²) in [6, 6.07) is 7.41. The van der Waals surface area contributed by atoms with Crippen molar-refractivity contribution in [3.63, 3.8) is 0 Å². The Morgan fingerprint density at radius 1 is 1.17 bits per heavy atom. The number of allylic oxidation sites excluding steroid dienone is 2. The molecule has 1 aromatic carbocycles. The van der Waals surface area contributed by atoms with Crippen LogP contribution in [-0.2, 0) is 4.79 Å². The molecule has 0 unspecified atom stereocenters. The molecule has 1 saturated heterocycles. The first-order valence-electron chi connectivity index (χ1n) is 8.79. The number of para-hydroxylation sites is 2. The van der Waals surface area contributed by atoms with E-state index in [9.17, 15) is 9.90 Å². The number of hydrogen-bond donors (Lipinski definition) is 1. The lowest BCUT2D eigenvalue weighted by molar-refractivity contribution is -0.133. The van der Waals surface area contributed by atoms with E-state index in [0.29, 0.717) is 17.6 Å². The Morgan fingerprint density at radius 2 is 1.79 bits per heavy atom. The van der Waals surface area contributed by atoms with Gasteiger partial charge in [0.25, 0.3) is 0 Å². The Kier molecular flexibility index (Phi) is 4.33. The van der Waals surface area contributed by atoms with Gasteiger partial charge < -0.3 is 14.9 Å². The number of rotatable bonds is 3. The molecule has 3 rings (SSSR count).